The van der Waals surface area contributed by atoms with Gasteiger partial charge in [-0.15, -0.1) is 0 Å². The van der Waals surface area contributed by atoms with Crippen LogP contribution in [0, 0.1) is 19.8 Å². The minimum atomic E-state index is -1.03. The number of carbonyl (C=O) groups is 4. The van der Waals surface area contributed by atoms with Gasteiger partial charge in [-0.2, -0.15) is 0 Å². The molecule has 29 heavy (non-hydrogen) atoms. The molecule has 0 bridgehead atoms. The highest BCUT2D eigenvalue weighted by Crippen LogP contribution is 2.24. The number of amides is 4. The summed E-state index contributed by atoms with van der Waals surface area (Å²) in [7, 11) is 0. The van der Waals surface area contributed by atoms with Crippen LogP contribution in [0.25, 0.3) is 0 Å². The third-order valence-corrected chi connectivity index (χ3v) is 5.01. The molecule has 8 nitrogen and oxygen atoms in total. The molecule has 1 saturated heterocycles. The minimum absolute atomic E-state index is 0.381. The van der Waals surface area contributed by atoms with Gasteiger partial charge in [0.15, 0.2) is 6.61 Å². The molecular formula is C21H29N3O5. The zero-order chi connectivity index (χ0) is 21.8. The molecule has 0 spiro atoms. The van der Waals surface area contributed by atoms with Crippen LogP contribution in [-0.4, -0.2) is 47.4 Å². The molecule has 0 aromatic heterocycles. The number of nitrogens with zero attached hydrogens (tertiary/aromatic N) is 1. The van der Waals surface area contributed by atoms with Gasteiger partial charge in [0, 0.05) is 5.69 Å². The number of ether oxygens (including phenoxy) is 1. The first-order valence-corrected chi connectivity index (χ1v) is 9.68. The number of anilines is 1. The van der Waals surface area contributed by atoms with Crippen molar-refractivity contribution in [1.82, 2.24) is 10.2 Å². The summed E-state index contributed by atoms with van der Waals surface area (Å²) in [5.74, 6) is -1.40. The SMILES string of the molecule is Cc1ccc(NC(=O)COC(=O)CN2C(=O)N[C@@](C)(CCC(C)C)C2=O)cc1C. The summed E-state index contributed by atoms with van der Waals surface area (Å²) in [5, 5.41) is 5.29. The number of hydrogen-bond donors (Lipinski definition) is 2. The Morgan fingerprint density at radius 2 is 1.90 bits per heavy atom. The van der Waals surface area contributed by atoms with Crippen molar-refractivity contribution < 1.29 is 23.9 Å². The van der Waals surface area contributed by atoms with Crippen molar-refractivity contribution in [3.8, 4) is 0 Å². The summed E-state index contributed by atoms with van der Waals surface area (Å²) in [6.45, 7) is 8.58. The molecule has 2 N–H and O–H groups in total. The third kappa shape index (κ3) is 5.79. The van der Waals surface area contributed by atoms with Crippen molar-refractivity contribution in [2.75, 3.05) is 18.5 Å². The maximum Gasteiger partial charge on any atom is 0.326 e. The number of urea groups is 1. The highest BCUT2D eigenvalue weighted by Gasteiger charge is 2.48. The van der Waals surface area contributed by atoms with Crippen LogP contribution in [0.1, 0.15) is 44.7 Å². The second kappa shape index (κ2) is 9.07. The Hall–Kier alpha value is -2.90. The van der Waals surface area contributed by atoms with E-state index in [2.05, 4.69) is 10.6 Å². The maximum atomic E-state index is 12.6. The van der Waals surface area contributed by atoms with Crippen LogP contribution in [0.15, 0.2) is 18.2 Å². The van der Waals surface area contributed by atoms with E-state index in [1.165, 1.54) is 0 Å². The lowest BCUT2D eigenvalue weighted by Gasteiger charge is -2.22. The van der Waals surface area contributed by atoms with E-state index in [-0.39, 0.29) is 0 Å². The molecule has 1 atom stereocenters. The van der Waals surface area contributed by atoms with Gasteiger partial charge in [0.25, 0.3) is 11.8 Å². The Labute approximate surface area is 171 Å². The van der Waals surface area contributed by atoms with E-state index in [1.54, 1.807) is 13.0 Å². The summed E-state index contributed by atoms with van der Waals surface area (Å²) in [4.78, 5) is 49.6. The lowest BCUT2D eigenvalue weighted by Crippen LogP contribution is -2.44. The van der Waals surface area contributed by atoms with E-state index < -0.39 is 42.5 Å². The quantitative estimate of drug-likeness (QED) is 0.513. The van der Waals surface area contributed by atoms with Crippen LogP contribution in [0.4, 0.5) is 10.5 Å². The fourth-order valence-electron chi connectivity index (χ4n) is 2.97. The molecule has 1 heterocycles. The number of benzene rings is 1. The second-order valence-electron chi connectivity index (χ2n) is 8.09. The van der Waals surface area contributed by atoms with Crippen LogP contribution in [0.3, 0.4) is 0 Å². The number of nitrogens with one attached hydrogen (secondary N) is 2. The van der Waals surface area contributed by atoms with Gasteiger partial charge in [-0.05, 0) is 62.8 Å². The van der Waals surface area contributed by atoms with E-state index in [1.807, 2.05) is 39.8 Å². The van der Waals surface area contributed by atoms with Crippen molar-refractivity contribution in [3.05, 3.63) is 29.3 Å². The highest BCUT2D eigenvalue weighted by atomic mass is 16.5. The topological polar surface area (TPSA) is 105 Å². The normalized spacial score (nSPS) is 18.8. The van der Waals surface area contributed by atoms with Crippen molar-refractivity contribution in [3.63, 3.8) is 0 Å². The average Bonchev–Trinajstić information content (AvgIpc) is 2.85. The van der Waals surface area contributed by atoms with E-state index >= 15 is 0 Å². The predicted molar refractivity (Wildman–Crippen MR) is 108 cm³/mol. The Kier molecular flexibility index (Phi) is 7.00. The first-order chi connectivity index (χ1) is 13.5. The summed E-state index contributed by atoms with van der Waals surface area (Å²) < 4.78 is 4.93. The largest absolute Gasteiger partial charge is 0.454 e. The van der Waals surface area contributed by atoms with Crippen molar-refractivity contribution in [2.45, 2.75) is 53.0 Å². The highest BCUT2D eigenvalue weighted by molar-refractivity contribution is 6.08. The average molecular weight is 403 g/mol. The van der Waals surface area contributed by atoms with Gasteiger partial charge in [-0.25, -0.2) is 4.79 Å². The molecule has 1 aromatic carbocycles. The summed E-state index contributed by atoms with van der Waals surface area (Å²) in [6, 6.07) is 4.83. The minimum Gasteiger partial charge on any atom is -0.454 e. The monoisotopic (exact) mass is 403 g/mol. The molecule has 1 aliphatic rings. The van der Waals surface area contributed by atoms with Crippen molar-refractivity contribution in [1.29, 1.82) is 0 Å². The molecule has 2 rings (SSSR count). The van der Waals surface area contributed by atoms with E-state index in [4.69, 9.17) is 4.74 Å². The summed E-state index contributed by atoms with van der Waals surface area (Å²) in [5.41, 5.74) is 1.70. The van der Waals surface area contributed by atoms with Crippen LogP contribution in [0.2, 0.25) is 0 Å². The molecule has 0 saturated carbocycles. The third-order valence-electron chi connectivity index (χ3n) is 5.01. The number of aryl methyl sites for hydroxylation is 2. The number of hydrogen-bond acceptors (Lipinski definition) is 5. The molecule has 8 heteroatoms. The van der Waals surface area contributed by atoms with Gasteiger partial charge in [0.2, 0.25) is 0 Å². The van der Waals surface area contributed by atoms with E-state index in [9.17, 15) is 19.2 Å². The van der Waals surface area contributed by atoms with Gasteiger partial charge in [-0.1, -0.05) is 19.9 Å². The molecule has 0 unspecified atom stereocenters. The van der Waals surface area contributed by atoms with E-state index in [0.29, 0.717) is 18.0 Å². The Bertz CT molecular complexity index is 821. The molecule has 0 radical (unpaired) electrons. The van der Waals surface area contributed by atoms with E-state index in [0.717, 1.165) is 22.4 Å². The van der Waals surface area contributed by atoms with Crippen molar-refractivity contribution in [2.24, 2.45) is 5.92 Å². The van der Waals surface area contributed by atoms with Crippen LogP contribution < -0.4 is 10.6 Å². The van der Waals surface area contributed by atoms with Crippen LogP contribution in [0.5, 0.6) is 0 Å². The smallest absolute Gasteiger partial charge is 0.326 e. The molecule has 4 amide bonds. The molecule has 0 aliphatic carbocycles. The van der Waals surface area contributed by atoms with Crippen molar-refractivity contribution >= 4 is 29.5 Å². The number of rotatable bonds is 8. The zero-order valence-corrected chi connectivity index (χ0v) is 17.6. The molecule has 1 fully saturated rings. The van der Waals surface area contributed by atoms with Crippen LogP contribution in [-0.2, 0) is 19.1 Å². The predicted octanol–water partition coefficient (Wildman–Crippen LogP) is 2.53. The molecule has 1 aliphatic heterocycles. The summed E-state index contributed by atoms with van der Waals surface area (Å²) >= 11 is 0. The number of esters is 1. The van der Waals surface area contributed by atoms with Gasteiger partial charge in [0.1, 0.15) is 12.1 Å². The van der Waals surface area contributed by atoms with Gasteiger partial charge in [-0.3, -0.25) is 19.3 Å². The Morgan fingerprint density at radius 1 is 1.21 bits per heavy atom. The van der Waals surface area contributed by atoms with Gasteiger partial charge in [0.05, 0.1) is 0 Å². The Morgan fingerprint density at radius 3 is 2.52 bits per heavy atom. The maximum absolute atomic E-state index is 12.6. The Balaban J connectivity index is 1.85. The molecular weight excluding hydrogens is 374 g/mol. The van der Waals surface area contributed by atoms with Gasteiger partial charge < -0.3 is 15.4 Å². The first kappa shape index (κ1) is 22.4. The number of imide groups is 1. The molecule has 1 aromatic rings. The lowest BCUT2D eigenvalue weighted by atomic mass is 9.92. The second-order valence-corrected chi connectivity index (χ2v) is 8.09. The standard InChI is InChI=1S/C21H29N3O5/c1-13(2)8-9-21(5)19(27)24(20(28)23-21)11-18(26)29-12-17(25)22-16-7-6-14(3)15(4)10-16/h6-7,10,13H,8-9,11-12H2,1-5H3,(H,22,25)(H,23,28)/t21-/m0/s1. The zero-order valence-electron chi connectivity index (χ0n) is 17.6. The first-order valence-electron chi connectivity index (χ1n) is 9.68. The van der Waals surface area contributed by atoms with Gasteiger partial charge >= 0.3 is 12.0 Å². The fourth-order valence-corrected chi connectivity index (χ4v) is 2.97. The summed E-state index contributed by atoms with van der Waals surface area (Å²) in [6.07, 6.45) is 1.25. The fraction of sp³-hybridized carbons (Fsp3) is 0.524. The lowest BCUT2D eigenvalue weighted by molar-refractivity contribution is -0.150. The molecule has 158 valence electrons. The number of carbonyl (C=O) groups excluding carboxylic acids is 4. The van der Waals surface area contributed by atoms with Crippen LogP contribution >= 0.6 is 0 Å².